The minimum absolute atomic E-state index is 0.0604. The predicted molar refractivity (Wildman–Crippen MR) is 85.9 cm³/mol. The molecule has 1 heterocycles. The second kappa shape index (κ2) is 6.53. The Labute approximate surface area is 138 Å². The van der Waals surface area contributed by atoms with Crippen molar-refractivity contribution in [1.82, 2.24) is 5.43 Å². The van der Waals surface area contributed by atoms with E-state index >= 15 is 0 Å². The molecule has 3 N–H and O–H groups in total. The van der Waals surface area contributed by atoms with Crippen molar-refractivity contribution in [3.63, 3.8) is 0 Å². The Balaban J connectivity index is 2.21. The zero-order valence-electron chi connectivity index (χ0n) is 12.3. The van der Waals surface area contributed by atoms with Gasteiger partial charge < -0.3 is 4.42 Å². The Morgan fingerprint density at radius 2 is 2.00 bits per heavy atom. The Morgan fingerprint density at radius 1 is 1.30 bits per heavy atom. The summed E-state index contributed by atoms with van der Waals surface area (Å²) in [5.74, 6) is 0.634. The number of sulfonamides is 1. The highest BCUT2D eigenvalue weighted by atomic mass is 35.5. The quantitative estimate of drug-likeness (QED) is 0.645. The van der Waals surface area contributed by atoms with Crippen molar-refractivity contribution in [3.05, 3.63) is 52.4 Å². The largest absolute Gasteiger partial charge is 0.460 e. The van der Waals surface area contributed by atoms with Gasteiger partial charge in [0.05, 0.1) is 5.02 Å². The van der Waals surface area contributed by atoms with E-state index in [0.29, 0.717) is 11.5 Å². The second-order valence-electron chi connectivity index (χ2n) is 4.74. The number of carbonyl (C=O) groups excluding carboxylic acids is 1. The number of hydrogen-bond donors (Lipinski definition) is 2. The minimum atomic E-state index is -4.02. The molecule has 0 saturated heterocycles. The molecule has 0 radical (unpaired) electrons. The van der Waals surface area contributed by atoms with Gasteiger partial charge in [-0.15, -0.1) is 0 Å². The molecular formula is C14H14ClN3O4S. The van der Waals surface area contributed by atoms with Gasteiger partial charge in [0, 0.05) is 5.56 Å². The highest BCUT2D eigenvalue weighted by molar-refractivity contribution is 7.89. The lowest BCUT2D eigenvalue weighted by atomic mass is 10.2. The number of benzene rings is 1. The molecule has 23 heavy (non-hydrogen) atoms. The van der Waals surface area contributed by atoms with Crippen molar-refractivity contribution in [3.8, 4) is 0 Å². The fourth-order valence-corrected chi connectivity index (χ4v) is 2.82. The van der Waals surface area contributed by atoms with Crippen molar-refractivity contribution < 1.29 is 17.6 Å². The van der Waals surface area contributed by atoms with Crippen LogP contribution < -0.4 is 10.6 Å². The first-order chi connectivity index (χ1) is 10.7. The van der Waals surface area contributed by atoms with Crippen LogP contribution in [0.25, 0.3) is 0 Å². The number of aryl methyl sites for hydroxylation is 1. The molecule has 0 atom stereocenters. The lowest BCUT2D eigenvalue weighted by Crippen LogP contribution is -2.20. The maximum atomic E-state index is 12.0. The van der Waals surface area contributed by atoms with Crippen LogP contribution in [-0.4, -0.2) is 20.0 Å². The van der Waals surface area contributed by atoms with Crippen LogP contribution in [0.4, 0.5) is 0 Å². The van der Waals surface area contributed by atoms with Gasteiger partial charge in [-0.3, -0.25) is 4.79 Å². The Bertz CT molecular complexity index is 887. The zero-order valence-corrected chi connectivity index (χ0v) is 13.9. The fourth-order valence-electron chi connectivity index (χ4n) is 1.75. The lowest BCUT2D eigenvalue weighted by molar-refractivity contribution is 0.0954. The summed E-state index contributed by atoms with van der Waals surface area (Å²) in [5.41, 5.74) is 2.84. The third-order valence-electron chi connectivity index (χ3n) is 2.92. The number of hydrazone groups is 1. The van der Waals surface area contributed by atoms with E-state index in [2.05, 4.69) is 10.5 Å². The maximum Gasteiger partial charge on any atom is 0.271 e. The number of furan rings is 1. The molecule has 0 saturated carbocycles. The summed E-state index contributed by atoms with van der Waals surface area (Å²) >= 11 is 5.76. The summed E-state index contributed by atoms with van der Waals surface area (Å²) in [6.07, 6.45) is 0. The number of nitrogens with zero attached hydrogens (tertiary/aromatic N) is 1. The van der Waals surface area contributed by atoms with E-state index in [1.807, 2.05) is 0 Å². The number of nitrogens with one attached hydrogen (secondary N) is 1. The third kappa shape index (κ3) is 4.19. The van der Waals surface area contributed by atoms with Crippen molar-refractivity contribution >= 4 is 33.2 Å². The zero-order chi connectivity index (χ0) is 17.2. The molecule has 7 nitrogen and oxygen atoms in total. The first-order valence-corrected chi connectivity index (χ1v) is 8.34. The summed E-state index contributed by atoms with van der Waals surface area (Å²) in [6, 6.07) is 7.24. The van der Waals surface area contributed by atoms with Crippen molar-refractivity contribution in [2.24, 2.45) is 10.2 Å². The topological polar surface area (TPSA) is 115 Å². The van der Waals surface area contributed by atoms with E-state index in [9.17, 15) is 13.2 Å². The maximum absolute atomic E-state index is 12.0. The summed E-state index contributed by atoms with van der Waals surface area (Å²) in [4.78, 5) is 11.7. The first-order valence-electron chi connectivity index (χ1n) is 6.42. The summed E-state index contributed by atoms with van der Waals surface area (Å²) in [7, 11) is -4.02. The Morgan fingerprint density at radius 3 is 2.57 bits per heavy atom. The Kier molecular flexibility index (Phi) is 4.88. The number of halogens is 1. The van der Waals surface area contributed by atoms with Crippen molar-refractivity contribution in [2.75, 3.05) is 0 Å². The monoisotopic (exact) mass is 355 g/mol. The van der Waals surface area contributed by atoms with E-state index in [-0.39, 0.29) is 15.5 Å². The van der Waals surface area contributed by atoms with Crippen LogP contribution in [0.2, 0.25) is 5.02 Å². The van der Waals surface area contributed by atoms with Gasteiger partial charge in [-0.1, -0.05) is 11.6 Å². The summed E-state index contributed by atoms with van der Waals surface area (Å²) in [6.45, 7) is 3.45. The molecule has 0 aliphatic heterocycles. The molecule has 2 rings (SSSR count). The van der Waals surface area contributed by atoms with Crippen LogP contribution in [0.1, 0.15) is 28.8 Å². The second-order valence-corrected chi connectivity index (χ2v) is 6.68. The normalized spacial score (nSPS) is 12.3. The van der Waals surface area contributed by atoms with Gasteiger partial charge in [0.2, 0.25) is 10.0 Å². The number of primary sulfonamides is 1. The summed E-state index contributed by atoms with van der Waals surface area (Å²) in [5, 5.41) is 8.89. The molecule has 0 aliphatic carbocycles. The van der Waals surface area contributed by atoms with Crippen LogP contribution >= 0.6 is 11.6 Å². The van der Waals surface area contributed by atoms with Crippen molar-refractivity contribution in [2.45, 2.75) is 18.7 Å². The van der Waals surface area contributed by atoms with E-state index in [1.165, 1.54) is 12.1 Å². The molecule has 1 aromatic carbocycles. The van der Waals surface area contributed by atoms with Gasteiger partial charge in [-0.25, -0.2) is 19.0 Å². The molecule has 0 aliphatic rings. The summed E-state index contributed by atoms with van der Waals surface area (Å²) < 4.78 is 28.2. The molecule has 1 aromatic heterocycles. The van der Waals surface area contributed by atoms with Crippen LogP contribution in [-0.2, 0) is 10.0 Å². The predicted octanol–water partition coefficient (Wildman–Crippen LogP) is 2.04. The standard InChI is InChI=1S/C14H14ClN3O4S/c1-8-3-6-12(22-8)9(2)17-18-14(19)10-4-5-11(15)13(7-10)23(16,20)21/h3-7H,1-2H3,(H,18,19)(H2,16,20,21)/b17-9-. The van der Waals surface area contributed by atoms with Gasteiger partial charge in [0.15, 0.2) is 0 Å². The molecule has 122 valence electrons. The van der Waals surface area contributed by atoms with Gasteiger partial charge in [-0.2, -0.15) is 5.10 Å². The highest BCUT2D eigenvalue weighted by Crippen LogP contribution is 2.21. The van der Waals surface area contributed by atoms with E-state index < -0.39 is 15.9 Å². The average molecular weight is 356 g/mol. The number of nitrogens with two attached hydrogens (primary N) is 1. The first kappa shape index (κ1) is 17.2. The molecule has 0 fully saturated rings. The lowest BCUT2D eigenvalue weighted by Gasteiger charge is -2.05. The molecule has 0 unspecified atom stereocenters. The van der Waals surface area contributed by atoms with Gasteiger partial charge in [-0.05, 0) is 44.2 Å². The highest BCUT2D eigenvalue weighted by Gasteiger charge is 2.16. The smallest absolute Gasteiger partial charge is 0.271 e. The van der Waals surface area contributed by atoms with E-state index in [4.69, 9.17) is 21.2 Å². The minimum Gasteiger partial charge on any atom is -0.460 e. The van der Waals surface area contributed by atoms with Crippen molar-refractivity contribution in [1.29, 1.82) is 0 Å². The van der Waals surface area contributed by atoms with Crippen LogP contribution in [0.3, 0.4) is 0 Å². The van der Waals surface area contributed by atoms with E-state index in [1.54, 1.807) is 26.0 Å². The van der Waals surface area contributed by atoms with Crippen LogP contribution in [0, 0.1) is 6.92 Å². The molecule has 2 aromatic rings. The van der Waals surface area contributed by atoms with E-state index in [0.717, 1.165) is 11.8 Å². The Hall–Kier alpha value is -2.16. The number of hydrogen-bond acceptors (Lipinski definition) is 5. The van der Waals surface area contributed by atoms with Gasteiger partial charge >= 0.3 is 0 Å². The van der Waals surface area contributed by atoms with Gasteiger partial charge in [0.1, 0.15) is 22.1 Å². The van der Waals surface area contributed by atoms with Crippen LogP contribution in [0.5, 0.6) is 0 Å². The molecule has 9 heteroatoms. The number of amides is 1. The average Bonchev–Trinajstić information content (AvgIpc) is 2.90. The SMILES string of the molecule is C/C(=N/NC(=O)c1ccc(Cl)c(S(N)(=O)=O)c1)c1ccc(C)o1. The molecular weight excluding hydrogens is 342 g/mol. The molecule has 0 bridgehead atoms. The fraction of sp³-hybridized carbons (Fsp3) is 0.143. The van der Waals surface area contributed by atoms with Crippen LogP contribution in [0.15, 0.2) is 44.7 Å². The molecule has 1 amide bonds. The third-order valence-corrected chi connectivity index (χ3v) is 4.31. The number of rotatable bonds is 4. The number of carbonyl (C=O) groups is 1. The molecule has 0 spiro atoms. The van der Waals surface area contributed by atoms with Gasteiger partial charge in [0.25, 0.3) is 5.91 Å².